The van der Waals surface area contributed by atoms with Gasteiger partial charge in [-0.15, -0.1) is 10.2 Å². The second-order valence-electron chi connectivity index (χ2n) is 5.52. The number of aryl methyl sites for hydroxylation is 1. The second-order valence-corrected chi connectivity index (χ2v) is 5.52. The van der Waals surface area contributed by atoms with E-state index < -0.39 is 0 Å². The van der Waals surface area contributed by atoms with E-state index in [0.29, 0.717) is 24.7 Å². The summed E-state index contributed by atoms with van der Waals surface area (Å²) in [5, 5.41) is 17.2. The molecule has 122 valence electrons. The van der Waals surface area contributed by atoms with Crippen LogP contribution in [0.25, 0.3) is 0 Å². The average Bonchev–Trinajstić information content (AvgIpc) is 2.53. The summed E-state index contributed by atoms with van der Waals surface area (Å²) in [5.41, 5.74) is 1.12. The molecule has 23 heavy (non-hydrogen) atoms. The molecule has 0 aliphatic heterocycles. The monoisotopic (exact) mass is 314 g/mol. The van der Waals surface area contributed by atoms with E-state index in [4.69, 9.17) is 0 Å². The van der Waals surface area contributed by atoms with E-state index in [2.05, 4.69) is 31.1 Å². The first kappa shape index (κ1) is 16.7. The lowest BCUT2D eigenvalue weighted by molar-refractivity contribution is -0.123. The fourth-order valence-corrected chi connectivity index (χ4v) is 1.81. The molecule has 0 aromatic carbocycles. The fraction of sp³-hybridized carbons (Fsp3) is 0.375. The Balaban J connectivity index is 1.79. The van der Waals surface area contributed by atoms with Gasteiger partial charge in [0.15, 0.2) is 5.82 Å². The summed E-state index contributed by atoms with van der Waals surface area (Å²) in [7, 11) is 0. The molecule has 3 N–H and O–H groups in total. The van der Waals surface area contributed by atoms with Gasteiger partial charge in [-0.25, -0.2) is 4.98 Å². The summed E-state index contributed by atoms with van der Waals surface area (Å²) < 4.78 is 0. The highest BCUT2D eigenvalue weighted by molar-refractivity contribution is 5.77. The van der Waals surface area contributed by atoms with Crippen LogP contribution < -0.4 is 16.0 Å². The number of hydrogen-bond donors (Lipinski definition) is 3. The zero-order chi connectivity index (χ0) is 16.7. The Hall–Kier alpha value is -2.70. The maximum atomic E-state index is 11.4. The number of carbonyl (C=O) groups excluding carboxylic acids is 1. The maximum absolute atomic E-state index is 11.4. The number of nitrogens with zero attached hydrogens (tertiary/aromatic N) is 3. The third-order valence-corrected chi connectivity index (χ3v) is 3.09. The molecule has 0 spiro atoms. The van der Waals surface area contributed by atoms with Crippen molar-refractivity contribution in [1.29, 1.82) is 0 Å². The number of anilines is 3. The Morgan fingerprint density at radius 1 is 1.09 bits per heavy atom. The molecular formula is C16H22N6O. The fourth-order valence-electron chi connectivity index (χ4n) is 1.81. The number of amides is 1. The number of hydrogen-bond acceptors (Lipinski definition) is 6. The molecule has 1 amide bonds. The van der Waals surface area contributed by atoms with Crippen molar-refractivity contribution < 1.29 is 4.79 Å². The summed E-state index contributed by atoms with van der Waals surface area (Å²) in [6.45, 7) is 6.88. The number of rotatable bonds is 7. The minimum atomic E-state index is -0.00428. The Labute approximate surface area is 135 Å². The van der Waals surface area contributed by atoms with E-state index in [9.17, 15) is 4.79 Å². The van der Waals surface area contributed by atoms with Crippen LogP contribution in [-0.4, -0.2) is 34.2 Å². The molecule has 0 radical (unpaired) electrons. The number of carbonyl (C=O) groups is 1. The Bertz CT molecular complexity index is 641. The Kier molecular flexibility index (Phi) is 5.85. The smallest absolute Gasteiger partial charge is 0.222 e. The van der Waals surface area contributed by atoms with Crippen molar-refractivity contribution in [3.63, 3.8) is 0 Å². The number of pyridine rings is 1. The molecule has 0 saturated carbocycles. The first-order valence-electron chi connectivity index (χ1n) is 7.59. The van der Waals surface area contributed by atoms with Crippen LogP contribution in [-0.2, 0) is 4.79 Å². The largest absolute Gasteiger partial charge is 0.367 e. The molecule has 0 fully saturated rings. The predicted molar refractivity (Wildman–Crippen MR) is 90.6 cm³/mol. The van der Waals surface area contributed by atoms with Crippen LogP contribution in [0.2, 0.25) is 0 Å². The zero-order valence-electron chi connectivity index (χ0n) is 13.6. The van der Waals surface area contributed by atoms with Crippen LogP contribution in [0.5, 0.6) is 0 Å². The summed E-state index contributed by atoms with van der Waals surface area (Å²) in [5.74, 6) is 2.06. The normalized spacial score (nSPS) is 10.4. The van der Waals surface area contributed by atoms with E-state index in [-0.39, 0.29) is 11.8 Å². The predicted octanol–water partition coefficient (Wildman–Crippen LogP) is 2.11. The van der Waals surface area contributed by atoms with E-state index in [1.165, 1.54) is 0 Å². The van der Waals surface area contributed by atoms with Crippen LogP contribution in [0.1, 0.15) is 19.4 Å². The van der Waals surface area contributed by atoms with E-state index >= 15 is 0 Å². The van der Waals surface area contributed by atoms with Crippen LogP contribution in [0.3, 0.4) is 0 Å². The van der Waals surface area contributed by atoms with Crippen LogP contribution in [0.4, 0.5) is 17.5 Å². The average molecular weight is 314 g/mol. The first-order chi connectivity index (χ1) is 11.0. The van der Waals surface area contributed by atoms with Gasteiger partial charge in [0.25, 0.3) is 0 Å². The lowest BCUT2D eigenvalue weighted by Crippen LogP contribution is -2.32. The maximum Gasteiger partial charge on any atom is 0.222 e. The molecule has 0 saturated heterocycles. The van der Waals surface area contributed by atoms with Crippen LogP contribution in [0.15, 0.2) is 30.5 Å². The molecule has 0 aliphatic rings. The highest BCUT2D eigenvalue weighted by atomic mass is 16.1. The molecule has 2 rings (SSSR count). The van der Waals surface area contributed by atoms with Gasteiger partial charge in [0.1, 0.15) is 11.6 Å². The summed E-state index contributed by atoms with van der Waals surface area (Å²) in [4.78, 5) is 15.6. The quantitative estimate of drug-likeness (QED) is 0.678. The summed E-state index contributed by atoms with van der Waals surface area (Å²) in [6, 6.07) is 7.52. The van der Waals surface area contributed by atoms with Crippen molar-refractivity contribution >= 4 is 23.4 Å². The van der Waals surface area contributed by atoms with E-state index in [0.717, 1.165) is 11.4 Å². The van der Waals surface area contributed by atoms with E-state index in [1.807, 2.05) is 45.0 Å². The lowest BCUT2D eigenvalue weighted by Gasteiger charge is -2.09. The zero-order valence-corrected chi connectivity index (χ0v) is 13.6. The topological polar surface area (TPSA) is 91.8 Å². The van der Waals surface area contributed by atoms with Crippen LogP contribution >= 0.6 is 0 Å². The third-order valence-electron chi connectivity index (χ3n) is 3.09. The lowest BCUT2D eigenvalue weighted by atomic mass is 10.2. The van der Waals surface area contributed by atoms with Gasteiger partial charge in [-0.05, 0) is 36.8 Å². The molecule has 2 aromatic heterocycles. The minimum absolute atomic E-state index is 0.00428. The molecule has 0 bridgehead atoms. The van der Waals surface area contributed by atoms with Gasteiger partial charge < -0.3 is 16.0 Å². The van der Waals surface area contributed by atoms with Crippen molar-refractivity contribution in [2.24, 2.45) is 5.92 Å². The molecular weight excluding hydrogens is 292 g/mol. The van der Waals surface area contributed by atoms with E-state index in [1.54, 1.807) is 6.20 Å². The Morgan fingerprint density at radius 3 is 2.48 bits per heavy atom. The van der Waals surface area contributed by atoms with Crippen molar-refractivity contribution in [2.75, 3.05) is 23.7 Å². The third kappa shape index (κ3) is 5.54. The van der Waals surface area contributed by atoms with Gasteiger partial charge in [0.05, 0.1) is 0 Å². The van der Waals surface area contributed by atoms with Crippen LogP contribution in [0, 0.1) is 12.8 Å². The highest BCUT2D eigenvalue weighted by Gasteiger charge is 2.05. The number of aromatic nitrogens is 3. The first-order valence-corrected chi connectivity index (χ1v) is 7.59. The minimum Gasteiger partial charge on any atom is -0.367 e. The van der Waals surface area contributed by atoms with Crippen molar-refractivity contribution in [1.82, 2.24) is 20.5 Å². The molecule has 0 unspecified atom stereocenters. The summed E-state index contributed by atoms with van der Waals surface area (Å²) >= 11 is 0. The van der Waals surface area contributed by atoms with Gasteiger partial charge in [0.2, 0.25) is 5.91 Å². The van der Waals surface area contributed by atoms with Gasteiger partial charge in [-0.2, -0.15) is 0 Å². The SMILES string of the molecule is Cc1ccnc(Nc2ccc(NCCNC(=O)C(C)C)nn2)c1. The standard InChI is InChI=1S/C16H22N6O/c1-11(2)16(23)19-9-8-18-13-4-5-14(22-21-13)20-15-10-12(3)6-7-17-15/h4-7,10-11H,8-9H2,1-3H3,(H,18,21)(H,19,23)(H,17,20,22). The second kappa shape index (κ2) is 8.07. The van der Waals surface area contributed by atoms with Crippen molar-refractivity contribution in [3.05, 3.63) is 36.0 Å². The Morgan fingerprint density at radius 2 is 1.83 bits per heavy atom. The molecule has 7 heteroatoms. The molecule has 2 heterocycles. The van der Waals surface area contributed by atoms with Gasteiger partial charge in [-0.3, -0.25) is 4.79 Å². The number of nitrogens with one attached hydrogen (secondary N) is 3. The molecule has 7 nitrogen and oxygen atoms in total. The molecule has 2 aromatic rings. The van der Waals surface area contributed by atoms with Gasteiger partial charge in [-0.1, -0.05) is 13.8 Å². The molecule has 0 aliphatic carbocycles. The van der Waals surface area contributed by atoms with Crippen molar-refractivity contribution in [2.45, 2.75) is 20.8 Å². The van der Waals surface area contributed by atoms with Gasteiger partial charge >= 0.3 is 0 Å². The van der Waals surface area contributed by atoms with Gasteiger partial charge in [0, 0.05) is 25.2 Å². The molecule has 0 atom stereocenters. The highest BCUT2D eigenvalue weighted by Crippen LogP contribution is 2.13. The van der Waals surface area contributed by atoms with Crippen molar-refractivity contribution in [3.8, 4) is 0 Å². The summed E-state index contributed by atoms with van der Waals surface area (Å²) in [6.07, 6.45) is 1.74.